The molecule has 6 nitrogen and oxygen atoms in total. The average molecular weight is 428 g/mol. The van der Waals surface area contributed by atoms with E-state index in [1.165, 1.54) is 19.3 Å². The van der Waals surface area contributed by atoms with Gasteiger partial charge in [0.25, 0.3) is 0 Å². The van der Waals surface area contributed by atoms with Gasteiger partial charge in [0.2, 0.25) is 11.7 Å². The van der Waals surface area contributed by atoms with Crippen LogP contribution in [0.3, 0.4) is 0 Å². The lowest BCUT2D eigenvalue weighted by Crippen LogP contribution is -2.48. The Balaban J connectivity index is 1.22. The SMILES string of the molecule is CCOc1ccc(C(=O)[C@H](C)OC(=O)CNC(=O)CC23CC4CC(CC(C4)C2)C3)cc1. The first-order chi connectivity index (χ1) is 14.9. The first-order valence-electron chi connectivity index (χ1n) is 11.6. The van der Waals surface area contributed by atoms with Crippen molar-refractivity contribution in [2.24, 2.45) is 23.2 Å². The third kappa shape index (κ3) is 5.10. The monoisotopic (exact) mass is 427 g/mol. The van der Waals surface area contributed by atoms with Crippen molar-refractivity contribution in [1.29, 1.82) is 0 Å². The summed E-state index contributed by atoms with van der Waals surface area (Å²) in [7, 11) is 0. The van der Waals surface area contributed by atoms with Gasteiger partial charge in [-0.05, 0) is 99.8 Å². The number of benzene rings is 1. The largest absolute Gasteiger partial charge is 0.494 e. The number of carbonyl (C=O) groups is 3. The Morgan fingerprint density at radius 1 is 1.03 bits per heavy atom. The lowest BCUT2D eigenvalue weighted by atomic mass is 9.49. The summed E-state index contributed by atoms with van der Waals surface area (Å²) in [6.07, 6.45) is 7.09. The van der Waals surface area contributed by atoms with Crippen LogP contribution in [-0.2, 0) is 14.3 Å². The van der Waals surface area contributed by atoms with Crippen molar-refractivity contribution >= 4 is 17.7 Å². The second-order valence-electron chi connectivity index (χ2n) is 9.82. The van der Waals surface area contributed by atoms with E-state index >= 15 is 0 Å². The van der Waals surface area contributed by atoms with Crippen LogP contribution >= 0.6 is 0 Å². The number of ether oxygens (including phenoxy) is 2. The molecule has 1 aromatic rings. The van der Waals surface area contributed by atoms with Gasteiger partial charge in [0.1, 0.15) is 12.3 Å². The van der Waals surface area contributed by atoms with Gasteiger partial charge in [-0.3, -0.25) is 14.4 Å². The van der Waals surface area contributed by atoms with Crippen LogP contribution in [0.4, 0.5) is 0 Å². The lowest BCUT2D eigenvalue weighted by molar-refractivity contribution is -0.147. The minimum atomic E-state index is -0.912. The maximum Gasteiger partial charge on any atom is 0.326 e. The molecule has 168 valence electrons. The minimum Gasteiger partial charge on any atom is -0.494 e. The molecule has 1 N–H and O–H groups in total. The number of nitrogens with one attached hydrogen (secondary N) is 1. The summed E-state index contributed by atoms with van der Waals surface area (Å²) in [5.41, 5.74) is 0.592. The number of hydrogen-bond acceptors (Lipinski definition) is 5. The Morgan fingerprint density at radius 2 is 1.61 bits per heavy atom. The summed E-state index contributed by atoms with van der Waals surface area (Å²) in [6, 6.07) is 6.75. The molecule has 0 saturated heterocycles. The molecule has 4 saturated carbocycles. The van der Waals surface area contributed by atoms with Crippen LogP contribution in [0.5, 0.6) is 5.75 Å². The van der Waals surface area contributed by atoms with Crippen LogP contribution in [-0.4, -0.2) is 36.9 Å². The van der Waals surface area contributed by atoms with Crippen molar-refractivity contribution in [1.82, 2.24) is 5.32 Å². The molecule has 0 radical (unpaired) electrons. The quantitative estimate of drug-likeness (QED) is 0.477. The van der Waals surface area contributed by atoms with E-state index in [0.29, 0.717) is 24.3 Å². The van der Waals surface area contributed by atoms with Crippen molar-refractivity contribution in [2.45, 2.75) is 64.9 Å². The lowest BCUT2D eigenvalue weighted by Gasteiger charge is -2.56. The van der Waals surface area contributed by atoms with Crippen molar-refractivity contribution < 1.29 is 23.9 Å². The number of ketones is 1. The summed E-state index contributed by atoms with van der Waals surface area (Å²) in [4.78, 5) is 37.2. The molecule has 1 aromatic carbocycles. The Morgan fingerprint density at radius 3 is 2.16 bits per heavy atom. The smallest absolute Gasteiger partial charge is 0.326 e. The van der Waals surface area contributed by atoms with Gasteiger partial charge in [-0.15, -0.1) is 0 Å². The normalized spacial score (nSPS) is 29.3. The second kappa shape index (κ2) is 9.01. The number of esters is 1. The van der Waals surface area contributed by atoms with Crippen molar-refractivity contribution in [3.05, 3.63) is 29.8 Å². The maximum atomic E-state index is 12.6. The van der Waals surface area contributed by atoms with E-state index in [9.17, 15) is 14.4 Å². The molecule has 4 aliphatic carbocycles. The molecule has 4 bridgehead atoms. The molecule has 4 aliphatic rings. The molecule has 5 rings (SSSR count). The van der Waals surface area contributed by atoms with Gasteiger partial charge in [-0.25, -0.2) is 0 Å². The van der Waals surface area contributed by atoms with Crippen LogP contribution in [0.25, 0.3) is 0 Å². The molecule has 0 aromatic heterocycles. The highest BCUT2D eigenvalue weighted by Gasteiger charge is 2.51. The predicted octanol–water partition coefficient (Wildman–Crippen LogP) is 3.92. The van der Waals surface area contributed by atoms with Crippen molar-refractivity contribution in [3.8, 4) is 5.75 Å². The molecule has 1 atom stereocenters. The highest BCUT2D eigenvalue weighted by Crippen LogP contribution is 2.61. The van der Waals surface area contributed by atoms with Gasteiger partial charge in [0.15, 0.2) is 6.10 Å². The summed E-state index contributed by atoms with van der Waals surface area (Å²) in [5.74, 6) is 2.10. The van der Waals surface area contributed by atoms with Gasteiger partial charge in [0.05, 0.1) is 6.61 Å². The molecule has 0 heterocycles. The number of Topliss-reactive ketones (excluding diaryl/α,β-unsaturated/α-hetero) is 1. The highest BCUT2D eigenvalue weighted by molar-refractivity contribution is 6.00. The summed E-state index contributed by atoms with van der Waals surface area (Å²) in [5, 5.41) is 2.72. The summed E-state index contributed by atoms with van der Waals surface area (Å²) >= 11 is 0. The van der Waals surface area contributed by atoms with Gasteiger partial charge in [-0.2, -0.15) is 0 Å². The Labute approximate surface area is 184 Å². The Bertz CT molecular complexity index is 796. The predicted molar refractivity (Wildman–Crippen MR) is 116 cm³/mol. The minimum absolute atomic E-state index is 0.0793. The highest BCUT2D eigenvalue weighted by atomic mass is 16.5. The molecule has 6 heteroatoms. The summed E-state index contributed by atoms with van der Waals surface area (Å²) < 4.78 is 10.6. The van der Waals surface area contributed by atoms with E-state index in [2.05, 4.69) is 5.32 Å². The zero-order valence-electron chi connectivity index (χ0n) is 18.5. The Kier molecular flexibility index (Phi) is 6.35. The molecule has 4 fully saturated rings. The van der Waals surface area contributed by atoms with Gasteiger partial charge >= 0.3 is 5.97 Å². The summed E-state index contributed by atoms with van der Waals surface area (Å²) in [6.45, 7) is 3.79. The first-order valence-corrected chi connectivity index (χ1v) is 11.6. The van der Waals surface area contributed by atoms with E-state index < -0.39 is 12.1 Å². The Hall–Kier alpha value is -2.37. The maximum absolute atomic E-state index is 12.6. The standard InChI is InChI=1S/C25H33NO5/c1-3-30-21-6-4-20(5-7-21)24(29)16(2)31-23(28)15-26-22(27)14-25-11-17-8-18(12-25)10-19(9-17)13-25/h4-7,16-19H,3,8-15H2,1-2H3,(H,26,27)/t16-,17?,18?,19?,25?/m0/s1. The van der Waals surface area contributed by atoms with Crippen molar-refractivity contribution in [2.75, 3.05) is 13.2 Å². The van der Waals surface area contributed by atoms with Crippen LogP contribution in [0.2, 0.25) is 0 Å². The second-order valence-corrected chi connectivity index (χ2v) is 9.82. The van der Waals surface area contributed by atoms with E-state index in [4.69, 9.17) is 9.47 Å². The molecule has 1 amide bonds. The zero-order valence-corrected chi connectivity index (χ0v) is 18.5. The van der Waals surface area contributed by atoms with E-state index in [1.54, 1.807) is 31.2 Å². The fourth-order valence-corrected chi connectivity index (χ4v) is 6.49. The average Bonchev–Trinajstić information content (AvgIpc) is 2.71. The third-order valence-electron chi connectivity index (χ3n) is 7.26. The van der Waals surface area contributed by atoms with Crippen LogP contribution in [0.1, 0.15) is 69.2 Å². The van der Waals surface area contributed by atoms with E-state index in [-0.39, 0.29) is 23.7 Å². The molecule has 31 heavy (non-hydrogen) atoms. The topological polar surface area (TPSA) is 81.7 Å². The third-order valence-corrected chi connectivity index (χ3v) is 7.26. The molecular formula is C25H33NO5. The van der Waals surface area contributed by atoms with Gasteiger partial charge in [0, 0.05) is 12.0 Å². The van der Waals surface area contributed by atoms with Crippen molar-refractivity contribution in [3.63, 3.8) is 0 Å². The molecule has 0 unspecified atom stereocenters. The zero-order chi connectivity index (χ0) is 22.0. The molecular weight excluding hydrogens is 394 g/mol. The van der Waals surface area contributed by atoms with E-state index in [0.717, 1.165) is 37.0 Å². The van der Waals surface area contributed by atoms with Crippen LogP contribution < -0.4 is 10.1 Å². The van der Waals surface area contributed by atoms with Crippen LogP contribution in [0.15, 0.2) is 24.3 Å². The fraction of sp³-hybridized carbons (Fsp3) is 0.640. The first kappa shape index (κ1) is 21.8. The van der Waals surface area contributed by atoms with E-state index in [1.807, 2.05) is 6.92 Å². The number of rotatable bonds is 9. The molecule has 0 aliphatic heterocycles. The number of hydrogen-bond donors (Lipinski definition) is 1. The van der Waals surface area contributed by atoms with Gasteiger partial charge < -0.3 is 14.8 Å². The van der Waals surface area contributed by atoms with Crippen LogP contribution in [0, 0.1) is 23.2 Å². The molecule has 0 spiro atoms. The van der Waals surface area contributed by atoms with Gasteiger partial charge in [-0.1, -0.05) is 0 Å². The number of carbonyl (C=O) groups excluding carboxylic acids is 3. The fourth-order valence-electron chi connectivity index (χ4n) is 6.49. The number of amides is 1.